The topological polar surface area (TPSA) is 90.0 Å². The fourth-order valence-corrected chi connectivity index (χ4v) is 3.10. The molecule has 1 aliphatic rings. The van der Waals surface area contributed by atoms with E-state index in [-0.39, 0.29) is 12.5 Å². The summed E-state index contributed by atoms with van der Waals surface area (Å²) in [5.41, 5.74) is 8.45. The van der Waals surface area contributed by atoms with Crippen LogP contribution >= 0.6 is 0 Å². The Morgan fingerprint density at radius 2 is 2.09 bits per heavy atom. The monoisotopic (exact) mass is 312 g/mol. The lowest BCUT2D eigenvalue weighted by atomic mass is 9.82. The molecule has 1 aliphatic carbocycles. The number of aryl methyl sites for hydroxylation is 1. The van der Waals surface area contributed by atoms with Gasteiger partial charge in [0.25, 0.3) is 0 Å². The molecular weight excluding hydrogens is 292 g/mol. The second-order valence-corrected chi connectivity index (χ2v) is 6.02. The number of rotatable bonds is 5. The number of carbonyl (C=O) groups excluding carboxylic acids is 2. The molecule has 0 unspecified atom stereocenters. The van der Waals surface area contributed by atoms with Crippen LogP contribution in [0.25, 0.3) is 0 Å². The van der Waals surface area contributed by atoms with Crippen molar-refractivity contribution in [3.05, 3.63) is 47.8 Å². The van der Waals surface area contributed by atoms with Gasteiger partial charge in [0.05, 0.1) is 11.9 Å². The smallest absolute Gasteiger partial charge is 0.239 e. The van der Waals surface area contributed by atoms with Crippen LogP contribution < -0.4 is 11.1 Å². The Morgan fingerprint density at radius 1 is 1.30 bits per heavy atom. The van der Waals surface area contributed by atoms with Crippen LogP contribution in [-0.4, -0.2) is 21.6 Å². The zero-order chi connectivity index (χ0) is 16.2. The SMILES string of the molecule is NC(=O)Cn1cc(NC(=O)C[C@@H]2CCc3ccccc3C2)cn1. The van der Waals surface area contributed by atoms with Gasteiger partial charge in [-0.25, -0.2) is 0 Å². The Kier molecular flexibility index (Phi) is 4.41. The van der Waals surface area contributed by atoms with Gasteiger partial charge in [0, 0.05) is 12.6 Å². The number of anilines is 1. The number of hydrogen-bond donors (Lipinski definition) is 2. The molecule has 0 aliphatic heterocycles. The summed E-state index contributed by atoms with van der Waals surface area (Å²) in [6.45, 7) is 0.00921. The first-order valence-corrected chi connectivity index (χ1v) is 7.77. The first-order chi connectivity index (χ1) is 11.1. The second kappa shape index (κ2) is 6.64. The summed E-state index contributed by atoms with van der Waals surface area (Å²) in [6, 6.07) is 8.43. The van der Waals surface area contributed by atoms with Crippen molar-refractivity contribution in [1.29, 1.82) is 0 Å². The lowest BCUT2D eigenvalue weighted by molar-refractivity contribution is -0.119. The Hall–Kier alpha value is -2.63. The van der Waals surface area contributed by atoms with Crippen LogP contribution in [0.5, 0.6) is 0 Å². The number of nitrogens with one attached hydrogen (secondary N) is 1. The number of fused-ring (bicyclic) bond motifs is 1. The van der Waals surface area contributed by atoms with E-state index in [0.717, 1.165) is 19.3 Å². The summed E-state index contributed by atoms with van der Waals surface area (Å²) in [6.07, 6.45) is 6.64. The maximum Gasteiger partial charge on any atom is 0.239 e. The molecule has 6 heteroatoms. The first-order valence-electron chi connectivity index (χ1n) is 7.77. The highest BCUT2D eigenvalue weighted by Crippen LogP contribution is 2.27. The molecular formula is C17H20N4O2. The standard InChI is InChI=1S/C17H20N4O2/c18-16(22)11-21-10-15(9-19-21)20-17(23)8-12-5-6-13-3-1-2-4-14(13)7-12/h1-4,9-10,12H,5-8,11H2,(H2,18,22)(H,20,23)/t12-/m1/s1. The van der Waals surface area contributed by atoms with Gasteiger partial charge in [-0.1, -0.05) is 24.3 Å². The van der Waals surface area contributed by atoms with Crippen molar-refractivity contribution in [3.63, 3.8) is 0 Å². The lowest BCUT2D eigenvalue weighted by Gasteiger charge is -2.23. The highest BCUT2D eigenvalue weighted by Gasteiger charge is 2.21. The van der Waals surface area contributed by atoms with Gasteiger partial charge in [0.15, 0.2) is 0 Å². The van der Waals surface area contributed by atoms with E-state index in [0.29, 0.717) is 18.0 Å². The Morgan fingerprint density at radius 3 is 2.87 bits per heavy atom. The number of benzene rings is 1. The summed E-state index contributed by atoms with van der Waals surface area (Å²) >= 11 is 0. The minimum Gasteiger partial charge on any atom is -0.368 e. The molecule has 2 aromatic rings. The fraction of sp³-hybridized carbons (Fsp3) is 0.353. The summed E-state index contributed by atoms with van der Waals surface area (Å²) in [5, 5.41) is 6.82. The summed E-state index contributed by atoms with van der Waals surface area (Å²) in [5.74, 6) is -0.120. The fourth-order valence-electron chi connectivity index (χ4n) is 3.10. The first kappa shape index (κ1) is 15.3. The number of hydrogen-bond acceptors (Lipinski definition) is 3. The molecule has 6 nitrogen and oxygen atoms in total. The van der Waals surface area contributed by atoms with Gasteiger partial charge in [-0.2, -0.15) is 5.10 Å². The number of nitrogens with two attached hydrogens (primary N) is 1. The van der Waals surface area contributed by atoms with Gasteiger partial charge < -0.3 is 11.1 Å². The van der Waals surface area contributed by atoms with E-state index in [9.17, 15) is 9.59 Å². The minimum absolute atomic E-state index is 0.00921. The molecule has 1 aromatic heterocycles. The van der Waals surface area contributed by atoms with Gasteiger partial charge in [0.2, 0.25) is 11.8 Å². The normalized spacial score (nSPS) is 16.6. The minimum atomic E-state index is -0.466. The van der Waals surface area contributed by atoms with Crippen molar-refractivity contribution in [1.82, 2.24) is 9.78 Å². The zero-order valence-electron chi connectivity index (χ0n) is 12.9. The van der Waals surface area contributed by atoms with Crippen LogP contribution in [0.15, 0.2) is 36.7 Å². The molecule has 3 N–H and O–H groups in total. The number of amides is 2. The maximum absolute atomic E-state index is 12.2. The van der Waals surface area contributed by atoms with Gasteiger partial charge in [-0.15, -0.1) is 0 Å². The molecule has 0 fully saturated rings. The van der Waals surface area contributed by atoms with Crippen LogP contribution in [0, 0.1) is 5.92 Å². The zero-order valence-corrected chi connectivity index (χ0v) is 12.9. The Balaban J connectivity index is 1.54. The molecule has 120 valence electrons. The number of aromatic nitrogens is 2. The molecule has 2 amide bonds. The highest BCUT2D eigenvalue weighted by atomic mass is 16.2. The van der Waals surface area contributed by atoms with E-state index in [1.165, 1.54) is 22.0 Å². The average molecular weight is 312 g/mol. The van der Waals surface area contributed by atoms with Gasteiger partial charge in [-0.05, 0) is 36.3 Å². The quantitative estimate of drug-likeness (QED) is 0.876. The van der Waals surface area contributed by atoms with E-state index in [1.54, 1.807) is 6.20 Å². The van der Waals surface area contributed by atoms with Crippen LogP contribution in [0.2, 0.25) is 0 Å². The molecule has 0 spiro atoms. The predicted octanol–water partition coefficient (Wildman–Crippen LogP) is 1.50. The van der Waals surface area contributed by atoms with Crippen LogP contribution in [-0.2, 0) is 29.0 Å². The largest absolute Gasteiger partial charge is 0.368 e. The van der Waals surface area contributed by atoms with E-state index in [4.69, 9.17) is 5.73 Å². The third kappa shape index (κ3) is 3.97. The van der Waals surface area contributed by atoms with E-state index in [2.05, 4.69) is 34.7 Å². The predicted molar refractivity (Wildman–Crippen MR) is 86.6 cm³/mol. The molecule has 0 saturated heterocycles. The number of carbonyl (C=O) groups is 2. The highest BCUT2D eigenvalue weighted by molar-refractivity contribution is 5.90. The summed E-state index contributed by atoms with van der Waals surface area (Å²) in [7, 11) is 0. The molecule has 1 atom stereocenters. The van der Waals surface area contributed by atoms with Crippen molar-refractivity contribution in [2.75, 3.05) is 5.32 Å². The van der Waals surface area contributed by atoms with E-state index >= 15 is 0 Å². The van der Waals surface area contributed by atoms with E-state index < -0.39 is 5.91 Å². The number of primary amides is 1. The Labute approximate surface area is 134 Å². The van der Waals surface area contributed by atoms with Crippen molar-refractivity contribution < 1.29 is 9.59 Å². The van der Waals surface area contributed by atoms with Crippen LogP contribution in [0.1, 0.15) is 24.0 Å². The average Bonchev–Trinajstić information content (AvgIpc) is 2.93. The van der Waals surface area contributed by atoms with Crippen molar-refractivity contribution in [3.8, 4) is 0 Å². The van der Waals surface area contributed by atoms with Gasteiger partial charge >= 0.3 is 0 Å². The second-order valence-electron chi connectivity index (χ2n) is 6.02. The maximum atomic E-state index is 12.2. The number of nitrogens with zero attached hydrogens (tertiary/aromatic N) is 2. The van der Waals surface area contributed by atoms with E-state index in [1.807, 2.05) is 0 Å². The van der Waals surface area contributed by atoms with Crippen LogP contribution in [0.4, 0.5) is 5.69 Å². The Bertz CT molecular complexity index is 723. The van der Waals surface area contributed by atoms with Crippen molar-refractivity contribution in [2.24, 2.45) is 11.7 Å². The molecule has 23 heavy (non-hydrogen) atoms. The van der Waals surface area contributed by atoms with Gasteiger partial charge in [-0.3, -0.25) is 14.3 Å². The van der Waals surface area contributed by atoms with Crippen LogP contribution in [0.3, 0.4) is 0 Å². The molecule has 1 aromatic carbocycles. The molecule has 0 bridgehead atoms. The third-order valence-corrected chi connectivity index (χ3v) is 4.16. The van der Waals surface area contributed by atoms with Gasteiger partial charge in [0.1, 0.15) is 6.54 Å². The van der Waals surface area contributed by atoms with Crippen molar-refractivity contribution >= 4 is 17.5 Å². The molecule has 0 saturated carbocycles. The molecule has 0 radical (unpaired) electrons. The summed E-state index contributed by atoms with van der Waals surface area (Å²) in [4.78, 5) is 23.0. The summed E-state index contributed by atoms with van der Waals surface area (Å²) < 4.78 is 1.41. The molecule has 3 rings (SSSR count). The van der Waals surface area contributed by atoms with Crippen molar-refractivity contribution in [2.45, 2.75) is 32.2 Å². The lowest BCUT2D eigenvalue weighted by Crippen LogP contribution is -2.21. The third-order valence-electron chi connectivity index (χ3n) is 4.16. The molecule has 1 heterocycles.